The summed E-state index contributed by atoms with van der Waals surface area (Å²) in [5.74, 6) is -0.578. The molecule has 4 aliphatic rings. The van der Waals surface area contributed by atoms with Crippen molar-refractivity contribution in [1.29, 1.82) is 0 Å². The summed E-state index contributed by atoms with van der Waals surface area (Å²) < 4.78 is 47.1. The van der Waals surface area contributed by atoms with Gasteiger partial charge in [-0.2, -0.15) is 0 Å². The monoisotopic (exact) mass is 1170 g/mol. The van der Waals surface area contributed by atoms with Crippen molar-refractivity contribution in [3.05, 3.63) is 11.8 Å². The van der Waals surface area contributed by atoms with Crippen molar-refractivity contribution >= 4 is 42.3 Å². The lowest BCUT2D eigenvalue weighted by molar-refractivity contribution is -0.318. The van der Waals surface area contributed by atoms with Crippen LogP contribution < -0.4 is 31.9 Å². The van der Waals surface area contributed by atoms with Gasteiger partial charge in [0, 0.05) is 19.5 Å². The number of nitrogens with one attached hydrogen (secondary N) is 6. The topological polar surface area (TPSA) is 345 Å². The summed E-state index contributed by atoms with van der Waals surface area (Å²) in [5, 5.41) is 68.2. The lowest BCUT2D eigenvalue weighted by Crippen LogP contribution is -2.79. The van der Waals surface area contributed by atoms with E-state index in [0.717, 1.165) is 4.90 Å². The first kappa shape index (κ1) is 69.2. The molecule has 3 fully saturated rings. The molecular formula is C56H98N8O18. The Bertz CT molecular complexity index is 2300. The average molecular weight is 1170 g/mol. The van der Waals surface area contributed by atoms with E-state index in [0.29, 0.717) is 19.4 Å². The third-order valence-corrected chi connectivity index (χ3v) is 13.0. The molecular weight excluding hydrogens is 1070 g/mol. The van der Waals surface area contributed by atoms with E-state index in [1.165, 1.54) is 14.0 Å². The van der Waals surface area contributed by atoms with E-state index in [2.05, 4.69) is 36.9 Å². The Kier molecular flexibility index (Phi) is 22.2. The second kappa shape index (κ2) is 26.3. The Morgan fingerprint density at radius 3 is 1.76 bits per heavy atom. The maximum absolute atomic E-state index is 14.0. The highest BCUT2D eigenvalue weighted by Crippen LogP contribution is 2.42. The van der Waals surface area contributed by atoms with Gasteiger partial charge in [-0.3, -0.25) is 10.1 Å². The molecule has 11 atom stereocenters. The van der Waals surface area contributed by atoms with Gasteiger partial charge in [0.15, 0.2) is 18.0 Å². The second-order valence-electron chi connectivity index (χ2n) is 28.4. The van der Waals surface area contributed by atoms with Crippen LogP contribution in [0.4, 0.5) is 24.0 Å². The third-order valence-electron chi connectivity index (χ3n) is 13.0. The van der Waals surface area contributed by atoms with E-state index >= 15 is 0 Å². The first-order valence-corrected chi connectivity index (χ1v) is 28.1. The number of alkyl carbamates (subject to hydrolysis) is 3. The van der Waals surface area contributed by atoms with Crippen molar-refractivity contribution in [3.8, 4) is 0 Å². The van der Waals surface area contributed by atoms with E-state index in [4.69, 9.17) is 37.9 Å². The van der Waals surface area contributed by atoms with Gasteiger partial charge >= 0.3 is 30.5 Å². The standard InChI is InChI=1S/C56H98N8O18/c1-49(2,3)26-36(65)62-43(63-47(71)81-53(13,14)15)59-33-22-21-32(28-57-27-30-23-31(24-30)58-44(68)78-50(4,5)6)76-41(33)56(74)35(61-46(70)80-52(10,11)12)25-34(60-45(69)79-51(7,8)9)38(40(56)67)77-42-37(66)39(55(19,73)29-75-42)64(20)48(72)82-54(16,17)18/h21,30-31,33-35,37-42,57,66-67,73-74H,22-29H2,1-20H3,(H,58,68)(H,60,69)(H,61,70)(H2,59,62,63,65,71)/t30-,31-,33-,34-,35+,37-,38+,39-,40-,41+,42-,55+,56-/m1/s1. The number of aliphatic imine (C=N–C) groups is 1. The summed E-state index contributed by atoms with van der Waals surface area (Å²) >= 11 is 0. The van der Waals surface area contributed by atoms with Crippen LogP contribution in [0.1, 0.15) is 164 Å². The molecule has 0 radical (unpaired) electrons. The maximum atomic E-state index is 14.0. The zero-order valence-corrected chi connectivity index (χ0v) is 52.0. The Labute approximate surface area is 483 Å². The molecule has 0 spiro atoms. The SMILES string of the molecule is CN(C(=O)OC(C)(C)C)[C@@H]1[C@@H](O)[C@@H](O[C@@H]2[C@@H](O)[C@@](O)([C@H]3OC(CNC[C@H]4C[C@H](NC(=O)OC(C)(C)C)C4)=CC[C@H]3N/C(=N/C(=O)OC(C)(C)C)NC(=O)CC(C)(C)C)[C@@H](NC(=O)OC(C)(C)C)C[C@H]2NC(=O)OC(C)(C)C)OC[C@]1(C)O. The average Bonchev–Trinajstić information content (AvgIpc) is 3.22. The number of aliphatic hydroxyl groups is 4. The van der Waals surface area contributed by atoms with Crippen LogP contribution in [0, 0.1) is 11.3 Å². The normalized spacial score (nSPS) is 30.2. The number of carbonyl (C=O) groups is 6. The molecule has 0 bridgehead atoms. The molecule has 4 rings (SSSR count). The predicted molar refractivity (Wildman–Crippen MR) is 300 cm³/mol. The highest BCUT2D eigenvalue weighted by Gasteiger charge is 2.64. The van der Waals surface area contributed by atoms with Gasteiger partial charge in [-0.05, 0) is 160 Å². The summed E-state index contributed by atoms with van der Waals surface area (Å²) in [6.07, 6.45) is -11.7. The lowest BCUT2D eigenvalue weighted by Gasteiger charge is -2.55. The summed E-state index contributed by atoms with van der Waals surface area (Å²) in [5.41, 5.74) is -10.0. The molecule has 10 N–H and O–H groups in total. The Hall–Kier alpha value is -5.25. The molecule has 2 aliphatic heterocycles. The number of ether oxygens (including phenoxy) is 8. The fourth-order valence-corrected chi connectivity index (χ4v) is 9.89. The zero-order valence-electron chi connectivity index (χ0n) is 52.0. The minimum absolute atomic E-state index is 0.0321. The molecule has 0 unspecified atom stereocenters. The molecule has 1 saturated heterocycles. The number of likely N-dealkylation sites (N-methyl/N-ethyl adjacent to an activating group) is 1. The van der Waals surface area contributed by atoms with Crippen molar-refractivity contribution in [2.24, 2.45) is 16.3 Å². The number of carbonyl (C=O) groups excluding carboxylic acids is 6. The summed E-state index contributed by atoms with van der Waals surface area (Å²) in [4.78, 5) is 86.0. The van der Waals surface area contributed by atoms with Gasteiger partial charge in [0.1, 0.15) is 57.7 Å². The number of rotatable bonds is 13. The first-order chi connectivity index (χ1) is 37.1. The van der Waals surface area contributed by atoms with Crippen molar-refractivity contribution in [2.75, 3.05) is 26.7 Å². The van der Waals surface area contributed by atoms with Gasteiger partial charge in [0.05, 0.1) is 37.3 Å². The lowest BCUT2D eigenvalue weighted by atomic mass is 9.68. The number of hydrogen-bond acceptors (Lipinski definition) is 19. The van der Waals surface area contributed by atoms with Gasteiger partial charge in [-0.15, -0.1) is 4.99 Å². The Balaban J connectivity index is 1.89. The third kappa shape index (κ3) is 21.4. The van der Waals surface area contributed by atoms with Crippen molar-refractivity contribution in [1.82, 2.24) is 36.8 Å². The maximum Gasteiger partial charge on any atom is 0.437 e. The molecule has 0 aromatic heterocycles. The number of nitrogens with zero attached hydrogens (tertiary/aromatic N) is 2. The Morgan fingerprint density at radius 1 is 0.707 bits per heavy atom. The summed E-state index contributed by atoms with van der Waals surface area (Å²) in [7, 11) is 1.30. The molecule has 2 aliphatic carbocycles. The molecule has 2 heterocycles. The minimum atomic E-state index is -2.77. The van der Waals surface area contributed by atoms with Crippen molar-refractivity contribution in [2.45, 2.75) is 264 Å². The van der Waals surface area contributed by atoms with Crippen LogP contribution in [0.3, 0.4) is 0 Å². The fraction of sp³-hybridized carbons (Fsp3) is 0.839. The van der Waals surface area contributed by atoms with Crippen LogP contribution in [-0.4, -0.2) is 195 Å². The van der Waals surface area contributed by atoms with Gasteiger partial charge in [0.2, 0.25) is 11.9 Å². The first-order valence-electron chi connectivity index (χ1n) is 28.1. The van der Waals surface area contributed by atoms with Crippen molar-refractivity contribution in [3.63, 3.8) is 0 Å². The van der Waals surface area contributed by atoms with Gasteiger partial charge in [-0.1, -0.05) is 20.8 Å². The molecule has 2 saturated carbocycles. The number of hydrogen-bond donors (Lipinski definition) is 10. The smallest absolute Gasteiger partial charge is 0.437 e. The van der Waals surface area contributed by atoms with Gasteiger partial charge in [0.25, 0.3) is 0 Å². The molecule has 26 nitrogen and oxygen atoms in total. The van der Waals surface area contributed by atoms with Crippen LogP contribution in [0.15, 0.2) is 16.8 Å². The highest BCUT2D eigenvalue weighted by atomic mass is 16.7. The number of guanidine groups is 1. The van der Waals surface area contributed by atoms with E-state index in [1.807, 2.05) is 20.8 Å². The van der Waals surface area contributed by atoms with Crippen LogP contribution in [0.2, 0.25) is 0 Å². The predicted octanol–water partition coefficient (Wildman–Crippen LogP) is 4.73. The molecule has 0 aromatic carbocycles. The van der Waals surface area contributed by atoms with E-state index in [1.54, 1.807) is 110 Å². The molecule has 470 valence electrons. The second-order valence-corrected chi connectivity index (χ2v) is 28.4. The fourth-order valence-electron chi connectivity index (χ4n) is 9.89. The van der Waals surface area contributed by atoms with Crippen LogP contribution in [0.25, 0.3) is 0 Å². The zero-order chi connectivity index (χ0) is 62.5. The molecule has 6 amide bonds. The Morgan fingerprint density at radius 2 is 1.23 bits per heavy atom. The van der Waals surface area contributed by atoms with Crippen LogP contribution >= 0.6 is 0 Å². The summed E-state index contributed by atoms with van der Waals surface area (Å²) in [6, 6.07) is -5.90. The van der Waals surface area contributed by atoms with E-state index < -0.39 is 155 Å². The number of amides is 6. The molecule has 0 aromatic rings. The van der Waals surface area contributed by atoms with Crippen molar-refractivity contribution < 1.29 is 87.1 Å². The largest absolute Gasteiger partial charge is 0.488 e. The minimum Gasteiger partial charge on any atom is -0.488 e. The highest BCUT2D eigenvalue weighted by molar-refractivity contribution is 6.01. The van der Waals surface area contributed by atoms with Crippen LogP contribution in [-0.2, 0) is 42.7 Å². The molecule has 26 heteroatoms. The van der Waals surface area contributed by atoms with Gasteiger partial charge in [-0.25, -0.2) is 24.0 Å². The quantitative estimate of drug-likeness (QED) is 0.0677. The number of aliphatic hydroxyl groups excluding tert-OH is 2. The van der Waals surface area contributed by atoms with E-state index in [-0.39, 0.29) is 37.1 Å². The summed E-state index contributed by atoms with van der Waals surface area (Å²) in [6.45, 7) is 31.6. The molecule has 82 heavy (non-hydrogen) atoms. The van der Waals surface area contributed by atoms with E-state index in [9.17, 15) is 49.2 Å². The van der Waals surface area contributed by atoms with Gasteiger partial charge < -0.3 is 89.8 Å². The van der Waals surface area contributed by atoms with Crippen LogP contribution in [0.5, 0.6) is 0 Å².